The lowest BCUT2D eigenvalue weighted by Crippen LogP contribution is -2.33. The number of carbonyl (C=O) groups is 1. The fraction of sp³-hybridized carbons (Fsp3) is 0.158. The third kappa shape index (κ3) is 5.56. The average Bonchev–Trinajstić information content (AvgIpc) is 2.73. The highest BCUT2D eigenvalue weighted by molar-refractivity contribution is 5.89. The highest BCUT2D eigenvalue weighted by atomic mass is 19.2. The molecule has 1 aromatic carbocycles. The van der Waals surface area contributed by atoms with E-state index in [2.05, 4.69) is 36.4 Å². The van der Waals surface area contributed by atoms with Gasteiger partial charge in [-0.1, -0.05) is 0 Å². The standard InChI is InChI=1S/C19H18F3N7O/c1-11-6-7-23-16(10-11)27-15-5-4-14(28-29-15)24-8-9-25-19(30)26-13-3-2-12(20)17(21)18(13)22/h2-7,10H,8-9H2,1H3,(H,24,28)(H,23,27,29)(H2,25,26,30). The highest BCUT2D eigenvalue weighted by Gasteiger charge is 2.14. The lowest BCUT2D eigenvalue weighted by Gasteiger charge is -2.10. The van der Waals surface area contributed by atoms with E-state index in [4.69, 9.17) is 0 Å². The summed E-state index contributed by atoms with van der Waals surface area (Å²) >= 11 is 0. The maximum atomic E-state index is 13.5. The zero-order valence-corrected chi connectivity index (χ0v) is 15.8. The second-order valence-corrected chi connectivity index (χ2v) is 6.18. The van der Waals surface area contributed by atoms with E-state index in [-0.39, 0.29) is 6.54 Å². The lowest BCUT2D eigenvalue weighted by atomic mass is 10.3. The van der Waals surface area contributed by atoms with Gasteiger partial charge in [-0.05, 0) is 48.9 Å². The molecule has 11 heteroatoms. The monoisotopic (exact) mass is 417 g/mol. The molecule has 0 spiro atoms. The predicted molar refractivity (Wildman–Crippen MR) is 106 cm³/mol. The third-order valence-electron chi connectivity index (χ3n) is 3.84. The first kappa shape index (κ1) is 20.8. The van der Waals surface area contributed by atoms with Gasteiger partial charge < -0.3 is 21.3 Å². The van der Waals surface area contributed by atoms with E-state index < -0.39 is 29.2 Å². The largest absolute Gasteiger partial charge is 0.367 e. The van der Waals surface area contributed by atoms with Gasteiger partial charge in [0.15, 0.2) is 23.3 Å². The molecule has 0 fully saturated rings. The van der Waals surface area contributed by atoms with E-state index in [0.29, 0.717) is 24.0 Å². The minimum absolute atomic E-state index is 0.159. The van der Waals surface area contributed by atoms with Crippen LogP contribution in [0.3, 0.4) is 0 Å². The lowest BCUT2D eigenvalue weighted by molar-refractivity contribution is 0.252. The molecule has 2 aromatic heterocycles. The molecule has 0 atom stereocenters. The summed E-state index contributed by atoms with van der Waals surface area (Å²) in [4.78, 5) is 15.9. The number of halogens is 3. The Bertz CT molecular complexity index is 1030. The third-order valence-corrected chi connectivity index (χ3v) is 3.84. The van der Waals surface area contributed by atoms with E-state index in [0.717, 1.165) is 17.7 Å². The number of amides is 2. The average molecular weight is 417 g/mol. The van der Waals surface area contributed by atoms with Crippen molar-refractivity contribution in [3.63, 3.8) is 0 Å². The molecule has 0 aliphatic carbocycles. The van der Waals surface area contributed by atoms with Gasteiger partial charge >= 0.3 is 6.03 Å². The van der Waals surface area contributed by atoms with Crippen molar-refractivity contribution in [2.75, 3.05) is 29.0 Å². The number of anilines is 4. The molecule has 0 bridgehead atoms. The molecule has 30 heavy (non-hydrogen) atoms. The first-order chi connectivity index (χ1) is 14.4. The first-order valence-corrected chi connectivity index (χ1v) is 8.88. The predicted octanol–water partition coefficient (Wildman–Crippen LogP) is 3.57. The van der Waals surface area contributed by atoms with Crippen LogP contribution in [0.1, 0.15) is 5.56 Å². The van der Waals surface area contributed by atoms with Crippen LogP contribution in [-0.2, 0) is 0 Å². The van der Waals surface area contributed by atoms with Crippen molar-refractivity contribution in [1.29, 1.82) is 0 Å². The Kier molecular flexibility index (Phi) is 6.63. The van der Waals surface area contributed by atoms with Crippen molar-refractivity contribution >= 4 is 29.2 Å². The number of aromatic nitrogens is 3. The molecule has 3 aromatic rings. The number of pyridine rings is 1. The summed E-state index contributed by atoms with van der Waals surface area (Å²) in [6.07, 6.45) is 1.69. The van der Waals surface area contributed by atoms with Gasteiger partial charge in [0.05, 0.1) is 5.69 Å². The molecule has 2 amide bonds. The van der Waals surface area contributed by atoms with Crippen LogP contribution in [0, 0.1) is 24.4 Å². The number of aryl methyl sites for hydroxylation is 1. The Morgan fingerprint density at radius 3 is 2.43 bits per heavy atom. The molecule has 3 rings (SSSR count). The van der Waals surface area contributed by atoms with Crippen molar-refractivity contribution in [3.05, 3.63) is 65.6 Å². The van der Waals surface area contributed by atoms with Crippen molar-refractivity contribution in [2.45, 2.75) is 6.92 Å². The maximum absolute atomic E-state index is 13.5. The molecule has 0 radical (unpaired) electrons. The summed E-state index contributed by atoms with van der Waals surface area (Å²) in [5.41, 5.74) is 0.596. The van der Waals surface area contributed by atoms with Crippen molar-refractivity contribution in [3.8, 4) is 0 Å². The van der Waals surface area contributed by atoms with Gasteiger partial charge in [-0.15, -0.1) is 10.2 Å². The van der Waals surface area contributed by atoms with E-state index in [1.165, 1.54) is 0 Å². The second kappa shape index (κ2) is 9.54. The highest BCUT2D eigenvalue weighted by Crippen LogP contribution is 2.19. The second-order valence-electron chi connectivity index (χ2n) is 6.18. The fourth-order valence-corrected chi connectivity index (χ4v) is 2.38. The van der Waals surface area contributed by atoms with Gasteiger partial charge in [0, 0.05) is 19.3 Å². The number of urea groups is 1. The van der Waals surface area contributed by atoms with Crippen LogP contribution in [0.5, 0.6) is 0 Å². The smallest absolute Gasteiger partial charge is 0.319 e. The number of hydrogen-bond donors (Lipinski definition) is 4. The van der Waals surface area contributed by atoms with Gasteiger partial charge in [-0.2, -0.15) is 0 Å². The minimum atomic E-state index is -1.65. The molecule has 4 N–H and O–H groups in total. The fourth-order valence-electron chi connectivity index (χ4n) is 2.38. The van der Waals surface area contributed by atoms with Crippen LogP contribution in [0.4, 0.5) is 41.1 Å². The van der Waals surface area contributed by atoms with Crippen LogP contribution >= 0.6 is 0 Å². The molecule has 8 nitrogen and oxygen atoms in total. The number of benzene rings is 1. The summed E-state index contributed by atoms with van der Waals surface area (Å²) in [7, 11) is 0. The van der Waals surface area contributed by atoms with Gasteiger partial charge in [-0.3, -0.25) is 0 Å². The molecule has 0 saturated carbocycles. The Morgan fingerprint density at radius 1 is 0.933 bits per heavy atom. The van der Waals surface area contributed by atoms with Gasteiger partial charge in [-0.25, -0.2) is 22.9 Å². The first-order valence-electron chi connectivity index (χ1n) is 8.88. The molecular formula is C19H18F3N7O. The molecular weight excluding hydrogens is 399 g/mol. The summed E-state index contributed by atoms with van der Waals surface area (Å²) in [6, 6.07) is 8.06. The SMILES string of the molecule is Cc1ccnc(Nc2ccc(NCCNC(=O)Nc3ccc(F)c(F)c3F)nn2)c1. The topological polar surface area (TPSA) is 104 Å². The summed E-state index contributed by atoms with van der Waals surface area (Å²) in [5, 5.41) is 18.6. The van der Waals surface area contributed by atoms with Crippen molar-refractivity contribution < 1.29 is 18.0 Å². The van der Waals surface area contributed by atoms with Crippen LogP contribution in [0.25, 0.3) is 0 Å². The van der Waals surface area contributed by atoms with Gasteiger partial charge in [0.1, 0.15) is 11.6 Å². The zero-order valence-electron chi connectivity index (χ0n) is 15.8. The quantitative estimate of drug-likeness (QED) is 0.346. The molecule has 2 heterocycles. The molecule has 0 aliphatic rings. The summed E-state index contributed by atoms with van der Waals surface area (Å²) < 4.78 is 39.6. The van der Waals surface area contributed by atoms with Gasteiger partial charge in [0.2, 0.25) is 0 Å². The number of nitrogens with one attached hydrogen (secondary N) is 4. The van der Waals surface area contributed by atoms with Crippen LogP contribution in [0.2, 0.25) is 0 Å². The van der Waals surface area contributed by atoms with Gasteiger partial charge in [0.25, 0.3) is 0 Å². The Hall–Kier alpha value is -3.89. The van der Waals surface area contributed by atoms with Crippen molar-refractivity contribution in [2.24, 2.45) is 0 Å². The van der Waals surface area contributed by atoms with Crippen molar-refractivity contribution in [1.82, 2.24) is 20.5 Å². The van der Waals surface area contributed by atoms with E-state index in [1.54, 1.807) is 18.3 Å². The number of hydrogen-bond acceptors (Lipinski definition) is 6. The Balaban J connectivity index is 1.42. The van der Waals surface area contributed by atoms with Crippen LogP contribution in [0.15, 0.2) is 42.6 Å². The normalized spacial score (nSPS) is 10.4. The van der Waals surface area contributed by atoms with E-state index in [1.807, 2.05) is 19.1 Å². The van der Waals surface area contributed by atoms with Crippen LogP contribution < -0.4 is 21.3 Å². The zero-order chi connectivity index (χ0) is 21.5. The summed E-state index contributed by atoms with van der Waals surface area (Å²) in [6.45, 7) is 2.41. The Morgan fingerprint density at radius 2 is 1.70 bits per heavy atom. The Labute approximate surface area is 169 Å². The summed E-state index contributed by atoms with van der Waals surface area (Å²) in [5.74, 6) is -2.80. The number of nitrogens with zero attached hydrogens (tertiary/aromatic N) is 3. The molecule has 0 unspecified atom stereocenters. The molecule has 0 aliphatic heterocycles. The number of rotatable bonds is 7. The minimum Gasteiger partial charge on any atom is -0.367 e. The number of carbonyl (C=O) groups excluding carboxylic acids is 1. The molecule has 0 saturated heterocycles. The maximum Gasteiger partial charge on any atom is 0.319 e. The van der Waals surface area contributed by atoms with Crippen LogP contribution in [-0.4, -0.2) is 34.3 Å². The molecule has 156 valence electrons. The van der Waals surface area contributed by atoms with E-state index in [9.17, 15) is 18.0 Å². The van der Waals surface area contributed by atoms with E-state index >= 15 is 0 Å².